The maximum atomic E-state index is 12.1. The topological polar surface area (TPSA) is 155 Å². The molecule has 1 amide bonds. The van der Waals surface area contributed by atoms with E-state index in [1.807, 2.05) is 36.4 Å². The van der Waals surface area contributed by atoms with Crippen LogP contribution in [0, 0.1) is 11.3 Å². The molecule has 0 bridgehead atoms. The summed E-state index contributed by atoms with van der Waals surface area (Å²) in [5.41, 5.74) is 6.93. The normalized spacial score (nSPS) is 11.2. The minimum Gasteiger partial charge on any atom is -0.370 e. The Morgan fingerprint density at radius 2 is 1.87 bits per heavy atom. The minimum atomic E-state index is -0.593. The number of anilines is 4. The lowest BCUT2D eigenvalue weighted by Crippen LogP contribution is -2.35. The number of hydrogen-bond donors (Lipinski definition) is 4. The Bertz CT molecular complexity index is 1000. The van der Waals surface area contributed by atoms with Crippen LogP contribution < -0.4 is 21.7 Å². The van der Waals surface area contributed by atoms with Gasteiger partial charge in [0.25, 0.3) is 0 Å². The fraction of sp³-hybridized carbons (Fsp3) is 0.200. The highest BCUT2D eigenvalue weighted by molar-refractivity contribution is 5.94. The number of para-hydroxylation sites is 1. The summed E-state index contributed by atoms with van der Waals surface area (Å²) in [5.74, 6) is 1.41. The van der Waals surface area contributed by atoms with Crippen LogP contribution in [0.1, 0.15) is 18.5 Å². The van der Waals surface area contributed by atoms with E-state index in [0.29, 0.717) is 36.8 Å². The van der Waals surface area contributed by atoms with Gasteiger partial charge in [0.2, 0.25) is 5.91 Å². The number of amides is 1. The molecule has 0 aliphatic rings. The third-order valence-corrected chi connectivity index (χ3v) is 4.07. The Balaban J connectivity index is 1.43. The number of nitrogens with two attached hydrogens (primary N) is 1. The van der Waals surface area contributed by atoms with E-state index in [1.54, 1.807) is 6.07 Å². The predicted octanol–water partition coefficient (Wildman–Crippen LogP) is 2.04. The second kappa shape index (κ2) is 10.4. The van der Waals surface area contributed by atoms with Crippen LogP contribution in [0.3, 0.4) is 0 Å². The molecule has 0 spiro atoms. The maximum absolute atomic E-state index is 12.1. The highest BCUT2D eigenvalue weighted by Crippen LogP contribution is 2.14. The monoisotopic (exact) mass is 403 g/mol. The van der Waals surface area contributed by atoms with Gasteiger partial charge in [-0.1, -0.05) is 18.2 Å². The fourth-order valence-electron chi connectivity index (χ4n) is 2.53. The number of rotatable bonds is 9. The third kappa shape index (κ3) is 6.22. The standard InChI is InChI=1S/C20H21N9O/c21-10-15-11-25-19(12-24-15)29-18-9-17(26-13-27-18)23-8-4-7-16(22)20(30)28-14-5-2-1-3-6-14/h1-3,5-6,9,11-13,16H,4,7-8,22H2,(H,28,30)(H2,23,25,26,27,29). The van der Waals surface area contributed by atoms with Crippen molar-refractivity contribution in [2.45, 2.75) is 18.9 Å². The van der Waals surface area contributed by atoms with Gasteiger partial charge in [-0.3, -0.25) is 4.79 Å². The van der Waals surface area contributed by atoms with E-state index in [1.165, 1.54) is 18.7 Å². The molecule has 152 valence electrons. The summed E-state index contributed by atoms with van der Waals surface area (Å²) in [7, 11) is 0. The SMILES string of the molecule is N#Cc1cnc(Nc2cc(NCCCC(N)C(=O)Nc3ccccc3)ncn2)cn1. The first-order valence-corrected chi connectivity index (χ1v) is 9.30. The van der Waals surface area contributed by atoms with Crippen molar-refractivity contribution in [1.29, 1.82) is 5.26 Å². The van der Waals surface area contributed by atoms with E-state index < -0.39 is 6.04 Å². The molecule has 2 heterocycles. The molecule has 0 aliphatic carbocycles. The van der Waals surface area contributed by atoms with Gasteiger partial charge >= 0.3 is 0 Å². The van der Waals surface area contributed by atoms with Crippen LogP contribution in [0.25, 0.3) is 0 Å². The molecular weight excluding hydrogens is 382 g/mol. The number of aromatic nitrogens is 4. The van der Waals surface area contributed by atoms with Crippen LogP contribution in [0.5, 0.6) is 0 Å². The van der Waals surface area contributed by atoms with E-state index in [-0.39, 0.29) is 11.6 Å². The lowest BCUT2D eigenvalue weighted by Gasteiger charge is -2.13. The van der Waals surface area contributed by atoms with Crippen molar-refractivity contribution in [2.75, 3.05) is 22.5 Å². The third-order valence-electron chi connectivity index (χ3n) is 4.07. The average molecular weight is 403 g/mol. The smallest absolute Gasteiger partial charge is 0.241 e. The van der Waals surface area contributed by atoms with Crippen LogP contribution in [0.15, 0.2) is 55.1 Å². The number of nitrogens with one attached hydrogen (secondary N) is 3. The summed E-state index contributed by atoms with van der Waals surface area (Å²) in [6.45, 7) is 0.597. The zero-order valence-corrected chi connectivity index (χ0v) is 16.1. The highest BCUT2D eigenvalue weighted by atomic mass is 16.2. The molecule has 3 rings (SSSR count). The minimum absolute atomic E-state index is 0.210. The van der Waals surface area contributed by atoms with Gasteiger partial charge in [0.1, 0.15) is 29.9 Å². The molecule has 0 saturated carbocycles. The van der Waals surface area contributed by atoms with E-state index in [9.17, 15) is 4.79 Å². The van der Waals surface area contributed by atoms with Crippen LogP contribution in [-0.2, 0) is 4.79 Å². The second-order valence-electron chi connectivity index (χ2n) is 6.34. The van der Waals surface area contributed by atoms with Crippen LogP contribution >= 0.6 is 0 Å². The Morgan fingerprint density at radius 3 is 2.60 bits per heavy atom. The molecule has 0 radical (unpaired) electrons. The number of carbonyl (C=O) groups excluding carboxylic acids is 1. The van der Waals surface area contributed by atoms with Crippen LogP contribution in [0.4, 0.5) is 23.1 Å². The van der Waals surface area contributed by atoms with E-state index in [0.717, 1.165) is 5.69 Å². The van der Waals surface area contributed by atoms with Gasteiger partial charge in [-0.05, 0) is 25.0 Å². The summed E-state index contributed by atoms with van der Waals surface area (Å²) in [6, 6.07) is 12.3. The molecule has 2 aromatic heterocycles. The van der Waals surface area contributed by atoms with Crippen molar-refractivity contribution in [3.8, 4) is 6.07 Å². The van der Waals surface area contributed by atoms with Gasteiger partial charge in [0, 0.05) is 18.3 Å². The quantitative estimate of drug-likeness (QED) is 0.393. The summed E-state index contributed by atoms with van der Waals surface area (Å²) < 4.78 is 0. The van der Waals surface area contributed by atoms with Crippen molar-refractivity contribution < 1.29 is 4.79 Å². The number of benzene rings is 1. The molecule has 1 aromatic carbocycles. The van der Waals surface area contributed by atoms with Crippen molar-refractivity contribution >= 4 is 29.0 Å². The van der Waals surface area contributed by atoms with Crippen molar-refractivity contribution in [3.63, 3.8) is 0 Å². The molecule has 10 nitrogen and oxygen atoms in total. The number of hydrogen-bond acceptors (Lipinski definition) is 9. The Labute approximate surface area is 173 Å². The Kier molecular flexibility index (Phi) is 7.18. The summed E-state index contributed by atoms with van der Waals surface area (Å²) in [4.78, 5) is 28.4. The van der Waals surface area contributed by atoms with Gasteiger partial charge in [0.15, 0.2) is 5.69 Å². The van der Waals surface area contributed by atoms with Crippen LogP contribution in [0.2, 0.25) is 0 Å². The van der Waals surface area contributed by atoms with Crippen LogP contribution in [-0.4, -0.2) is 38.4 Å². The van der Waals surface area contributed by atoms with Gasteiger partial charge in [-0.25, -0.2) is 19.9 Å². The summed E-state index contributed by atoms with van der Waals surface area (Å²) in [5, 5.41) is 17.7. The van der Waals surface area contributed by atoms with Gasteiger partial charge < -0.3 is 21.7 Å². The molecule has 0 saturated heterocycles. The lowest BCUT2D eigenvalue weighted by atomic mass is 10.1. The molecular formula is C20H21N9O. The number of carbonyl (C=O) groups is 1. The van der Waals surface area contributed by atoms with Crippen molar-refractivity contribution in [1.82, 2.24) is 19.9 Å². The molecule has 10 heteroatoms. The zero-order valence-electron chi connectivity index (χ0n) is 16.1. The van der Waals surface area contributed by atoms with Gasteiger partial charge in [-0.15, -0.1) is 0 Å². The van der Waals surface area contributed by atoms with E-state index in [2.05, 4.69) is 35.9 Å². The molecule has 0 fully saturated rings. The van der Waals surface area contributed by atoms with Gasteiger partial charge in [-0.2, -0.15) is 5.26 Å². The number of nitriles is 1. The Morgan fingerprint density at radius 1 is 1.07 bits per heavy atom. The second-order valence-corrected chi connectivity index (χ2v) is 6.34. The maximum Gasteiger partial charge on any atom is 0.241 e. The predicted molar refractivity (Wildman–Crippen MR) is 113 cm³/mol. The average Bonchev–Trinajstić information content (AvgIpc) is 2.78. The lowest BCUT2D eigenvalue weighted by molar-refractivity contribution is -0.117. The van der Waals surface area contributed by atoms with Gasteiger partial charge in [0.05, 0.1) is 18.4 Å². The summed E-state index contributed by atoms with van der Waals surface area (Å²) in [6.07, 6.45) is 5.47. The molecule has 1 atom stereocenters. The molecule has 30 heavy (non-hydrogen) atoms. The largest absolute Gasteiger partial charge is 0.370 e. The first kappa shape index (κ1) is 20.6. The van der Waals surface area contributed by atoms with Crippen molar-refractivity contribution in [2.24, 2.45) is 5.73 Å². The molecule has 5 N–H and O–H groups in total. The summed E-state index contributed by atoms with van der Waals surface area (Å²) >= 11 is 0. The molecule has 0 aliphatic heterocycles. The van der Waals surface area contributed by atoms with Crippen molar-refractivity contribution in [3.05, 3.63) is 60.8 Å². The number of nitrogens with zero attached hydrogens (tertiary/aromatic N) is 5. The first-order chi connectivity index (χ1) is 14.6. The van der Waals surface area contributed by atoms with E-state index in [4.69, 9.17) is 11.0 Å². The fourth-order valence-corrected chi connectivity index (χ4v) is 2.53. The molecule has 3 aromatic rings. The zero-order chi connectivity index (χ0) is 21.2. The first-order valence-electron chi connectivity index (χ1n) is 9.30. The van der Waals surface area contributed by atoms with E-state index >= 15 is 0 Å². The molecule has 1 unspecified atom stereocenters. The highest BCUT2D eigenvalue weighted by Gasteiger charge is 2.13. The Hall–Kier alpha value is -4.10.